The minimum atomic E-state index is 0.00434. The Hall–Kier alpha value is -0.160. The first kappa shape index (κ1) is 10.8. The van der Waals surface area contributed by atoms with Crippen molar-refractivity contribution in [2.24, 2.45) is 0 Å². The Kier molecular flexibility index (Phi) is 5.41. The molecule has 0 aromatic heterocycles. The molecular weight excluding hydrogens is 146 g/mol. The highest BCUT2D eigenvalue weighted by Crippen LogP contribution is 1.89. The minimum absolute atomic E-state index is 0.00434. The van der Waals surface area contributed by atoms with Crippen molar-refractivity contribution in [2.75, 3.05) is 47.5 Å². The smallest absolute Gasteiger partial charge is 0.131 e. The number of quaternary nitrogens is 1. The van der Waals surface area contributed by atoms with Crippen LogP contribution in [-0.4, -0.2) is 57.1 Å². The molecule has 0 fully saturated rings. The number of nitrogens with zero attached hydrogens (tertiary/aromatic N) is 1. The van der Waals surface area contributed by atoms with Gasteiger partial charge in [0.1, 0.15) is 19.8 Å². The first-order chi connectivity index (χ1) is 5.06. The predicted molar refractivity (Wildman–Crippen MR) is 41.9 cm³/mol. The molecule has 0 bridgehead atoms. The van der Waals surface area contributed by atoms with Crippen molar-refractivity contribution >= 4 is 0 Å². The molecule has 0 aromatic carbocycles. The van der Waals surface area contributed by atoms with Gasteiger partial charge in [0.15, 0.2) is 0 Å². The summed E-state index contributed by atoms with van der Waals surface area (Å²) in [5.74, 6) is 0. The van der Waals surface area contributed by atoms with Gasteiger partial charge >= 0.3 is 0 Å². The normalized spacial score (nSPS) is 12.0. The second kappa shape index (κ2) is 5.49. The van der Waals surface area contributed by atoms with E-state index in [0.29, 0.717) is 6.61 Å². The van der Waals surface area contributed by atoms with Gasteiger partial charge in [-0.05, 0) is 0 Å². The van der Waals surface area contributed by atoms with Crippen LogP contribution in [-0.2, 0) is 9.78 Å². The van der Waals surface area contributed by atoms with Crippen molar-refractivity contribution in [1.82, 2.24) is 0 Å². The SMILES string of the molecule is C[N+](C)(C)CCOOCCO. The predicted octanol–water partition coefficient (Wildman–Crippen LogP) is -0.367. The fraction of sp³-hybridized carbons (Fsp3) is 1.00. The maximum absolute atomic E-state index is 8.32. The van der Waals surface area contributed by atoms with E-state index in [1.54, 1.807) is 0 Å². The highest BCUT2D eigenvalue weighted by atomic mass is 17.2. The zero-order valence-corrected chi connectivity index (χ0v) is 7.54. The van der Waals surface area contributed by atoms with Crippen LogP contribution in [0.1, 0.15) is 0 Å². The van der Waals surface area contributed by atoms with E-state index < -0.39 is 0 Å². The molecule has 0 aliphatic heterocycles. The van der Waals surface area contributed by atoms with E-state index >= 15 is 0 Å². The topological polar surface area (TPSA) is 38.7 Å². The minimum Gasteiger partial charge on any atom is -0.394 e. The van der Waals surface area contributed by atoms with Crippen LogP contribution >= 0.6 is 0 Å². The van der Waals surface area contributed by atoms with Gasteiger partial charge in [-0.3, -0.25) is 0 Å². The third kappa shape index (κ3) is 9.84. The highest BCUT2D eigenvalue weighted by molar-refractivity contribution is 4.22. The highest BCUT2D eigenvalue weighted by Gasteiger charge is 2.05. The summed E-state index contributed by atoms with van der Waals surface area (Å²) < 4.78 is 0.850. The van der Waals surface area contributed by atoms with Crippen molar-refractivity contribution in [3.63, 3.8) is 0 Å². The van der Waals surface area contributed by atoms with Crippen LogP contribution in [0.3, 0.4) is 0 Å². The molecule has 1 N–H and O–H groups in total. The van der Waals surface area contributed by atoms with Crippen LogP contribution in [0.15, 0.2) is 0 Å². The number of hydrogen-bond acceptors (Lipinski definition) is 3. The van der Waals surface area contributed by atoms with Crippen LogP contribution < -0.4 is 0 Å². The average molecular weight is 164 g/mol. The van der Waals surface area contributed by atoms with E-state index in [2.05, 4.69) is 26.0 Å². The Morgan fingerprint density at radius 2 is 1.64 bits per heavy atom. The molecule has 68 valence electrons. The zero-order valence-electron chi connectivity index (χ0n) is 7.54. The van der Waals surface area contributed by atoms with Gasteiger partial charge in [0, 0.05) is 0 Å². The Labute approximate surface area is 67.8 Å². The average Bonchev–Trinajstić information content (AvgIpc) is 1.85. The van der Waals surface area contributed by atoms with Crippen molar-refractivity contribution < 1.29 is 19.4 Å². The first-order valence-electron chi connectivity index (χ1n) is 3.72. The van der Waals surface area contributed by atoms with Crippen LogP contribution in [0, 0.1) is 0 Å². The summed E-state index contributed by atoms with van der Waals surface area (Å²) in [6, 6.07) is 0. The first-order valence-corrected chi connectivity index (χ1v) is 3.72. The lowest BCUT2D eigenvalue weighted by molar-refractivity contribution is -0.871. The van der Waals surface area contributed by atoms with E-state index in [1.165, 1.54) is 0 Å². The molecule has 4 heteroatoms. The lowest BCUT2D eigenvalue weighted by Crippen LogP contribution is -2.37. The third-order valence-electron chi connectivity index (χ3n) is 1.10. The molecule has 0 aliphatic carbocycles. The van der Waals surface area contributed by atoms with Gasteiger partial charge in [0.05, 0.1) is 27.7 Å². The van der Waals surface area contributed by atoms with Crippen LogP contribution in [0.25, 0.3) is 0 Å². The molecule has 0 heterocycles. The Morgan fingerprint density at radius 1 is 1.09 bits per heavy atom. The van der Waals surface area contributed by atoms with Gasteiger partial charge < -0.3 is 9.59 Å². The van der Waals surface area contributed by atoms with E-state index in [1.807, 2.05) is 0 Å². The van der Waals surface area contributed by atoms with E-state index in [0.717, 1.165) is 11.0 Å². The zero-order chi connectivity index (χ0) is 8.74. The number of rotatable bonds is 6. The number of aliphatic hydroxyl groups excluding tert-OH is 1. The lowest BCUT2D eigenvalue weighted by atomic mass is 10.5. The number of aliphatic hydroxyl groups is 1. The molecular formula is C7H18NO3+. The molecule has 0 saturated carbocycles. The molecule has 0 amide bonds. The maximum Gasteiger partial charge on any atom is 0.131 e. The summed E-state index contributed by atoms with van der Waals surface area (Å²) in [7, 11) is 6.24. The van der Waals surface area contributed by atoms with Crippen LogP contribution in [0.4, 0.5) is 0 Å². The van der Waals surface area contributed by atoms with E-state index in [9.17, 15) is 0 Å². The van der Waals surface area contributed by atoms with Gasteiger partial charge in [0.25, 0.3) is 0 Å². The van der Waals surface area contributed by atoms with Crippen molar-refractivity contribution in [2.45, 2.75) is 0 Å². The Bertz CT molecular complexity index is 90.2. The molecule has 4 nitrogen and oxygen atoms in total. The molecule has 0 saturated heterocycles. The second-order valence-corrected chi connectivity index (χ2v) is 3.38. The van der Waals surface area contributed by atoms with Gasteiger partial charge in [-0.2, -0.15) is 0 Å². The van der Waals surface area contributed by atoms with Gasteiger partial charge in [-0.1, -0.05) is 0 Å². The van der Waals surface area contributed by atoms with Crippen molar-refractivity contribution in [3.8, 4) is 0 Å². The van der Waals surface area contributed by atoms with E-state index in [4.69, 9.17) is 9.99 Å². The lowest BCUT2D eigenvalue weighted by Gasteiger charge is -2.22. The van der Waals surface area contributed by atoms with Gasteiger partial charge in [0.2, 0.25) is 0 Å². The summed E-state index contributed by atoms with van der Waals surface area (Å²) in [5.41, 5.74) is 0. The molecule has 0 rings (SSSR count). The van der Waals surface area contributed by atoms with Gasteiger partial charge in [-0.15, -0.1) is 0 Å². The fourth-order valence-electron chi connectivity index (χ4n) is 0.466. The second-order valence-electron chi connectivity index (χ2n) is 3.38. The largest absolute Gasteiger partial charge is 0.394 e. The summed E-state index contributed by atoms with van der Waals surface area (Å²) in [4.78, 5) is 9.39. The number of hydrogen-bond donors (Lipinski definition) is 1. The maximum atomic E-state index is 8.32. The summed E-state index contributed by atoms with van der Waals surface area (Å²) in [6.45, 7) is 1.70. The molecule has 0 spiro atoms. The molecule has 0 unspecified atom stereocenters. The number of likely N-dealkylation sites (N-methyl/N-ethyl adjacent to an activating group) is 1. The molecule has 0 aromatic rings. The monoisotopic (exact) mass is 164 g/mol. The Morgan fingerprint density at radius 3 is 2.09 bits per heavy atom. The van der Waals surface area contributed by atoms with Crippen molar-refractivity contribution in [1.29, 1.82) is 0 Å². The van der Waals surface area contributed by atoms with Crippen LogP contribution in [0.2, 0.25) is 0 Å². The van der Waals surface area contributed by atoms with Crippen molar-refractivity contribution in [3.05, 3.63) is 0 Å². The summed E-state index contributed by atoms with van der Waals surface area (Å²) in [6.07, 6.45) is 0. The summed E-state index contributed by atoms with van der Waals surface area (Å²) in [5, 5.41) is 8.32. The Balaban J connectivity index is 3.02. The molecule has 11 heavy (non-hydrogen) atoms. The molecule has 0 aliphatic rings. The van der Waals surface area contributed by atoms with Gasteiger partial charge in [-0.25, -0.2) is 9.78 Å². The standard InChI is InChI=1S/C7H18NO3/c1-8(2,3)4-6-10-11-7-5-9/h9H,4-7H2,1-3H3/q+1. The quantitative estimate of drug-likeness (QED) is 0.252. The van der Waals surface area contributed by atoms with E-state index in [-0.39, 0.29) is 13.2 Å². The summed E-state index contributed by atoms with van der Waals surface area (Å²) >= 11 is 0. The molecule has 0 radical (unpaired) electrons. The third-order valence-corrected chi connectivity index (χ3v) is 1.10. The van der Waals surface area contributed by atoms with Crippen LogP contribution in [0.5, 0.6) is 0 Å². The molecule has 0 atom stereocenters. The fourth-order valence-corrected chi connectivity index (χ4v) is 0.466.